The predicted molar refractivity (Wildman–Crippen MR) is 153 cm³/mol. The number of ether oxygens (including phenoxy) is 2. The smallest absolute Gasteiger partial charge is 0.325 e. The number of rotatable bonds is 13. The van der Waals surface area contributed by atoms with Crippen LogP contribution in [0, 0.1) is 6.92 Å². The first-order valence-corrected chi connectivity index (χ1v) is 15.2. The average molecular weight is 589 g/mol. The Kier molecular flexibility index (Phi) is 12.1. The zero-order valence-corrected chi connectivity index (χ0v) is 24.8. The topological polar surface area (TPSA) is 126 Å². The lowest BCUT2D eigenvalue weighted by Gasteiger charge is -2.39. The molecule has 2 aromatic carbocycles. The lowest BCUT2D eigenvalue weighted by Crippen LogP contribution is -2.53. The summed E-state index contributed by atoms with van der Waals surface area (Å²) in [5, 5.41) is 2.57. The molecular weight excluding hydrogens is 548 g/mol. The van der Waals surface area contributed by atoms with Crippen LogP contribution in [0.1, 0.15) is 30.9 Å². The van der Waals surface area contributed by atoms with Crippen molar-refractivity contribution in [2.45, 2.75) is 44.2 Å². The van der Waals surface area contributed by atoms with Crippen molar-refractivity contribution in [1.29, 1.82) is 0 Å². The number of nitrogens with zero attached hydrogens (tertiary/aromatic N) is 3. The number of urea groups is 1. The minimum atomic E-state index is -3.94. The van der Waals surface area contributed by atoms with Crippen LogP contribution in [0.3, 0.4) is 0 Å². The standard InChI is InChI=1S/C29H40N4O7S/c1-4-40-28(35)20-30-29(36)31-16-14-25(15-17-31)33(21-24-12-10-23(2)11-13-24)27(34)22-32(18-19-39-3)41(37,38)26-8-6-5-7-9-26/h5-13,25H,4,14-22H2,1-3H3,(H,30,36). The summed E-state index contributed by atoms with van der Waals surface area (Å²) < 4.78 is 38.1. The van der Waals surface area contributed by atoms with Crippen LogP contribution in [-0.2, 0) is 35.6 Å². The van der Waals surface area contributed by atoms with Gasteiger partial charge in [0.15, 0.2) is 0 Å². The van der Waals surface area contributed by atoms with E-state index in [1.54, 1.807) is 34.9 Å². The minimum absolute atomic E-state index is 0.0247. The molecule has 224 valence electrons. The third kappa shape index (κ3) is 9.27. The van der Waals surface area contributed by atoms with Crippen LogP contribution < -0.4 is 5.32 Å². The number of sulfonamides is 1. The number of methoxy groups -OCH3 is 1. The number of esters is 1. The van der Waals surface area contributed by atoms with E-state index in [1.165, 1.54) is 19.2 Å². The minimum Gasteiger partial charge on any atom is -0.465 e. The molecule has 1 heterocycles. The van der Waals surface area contributed by atoms with E-state index in [4.69, 9.17) is 9.47 Å². The first kappa shape index (κ1) is 32.0. The van der Waals surface area contributed by atoms with Crippen LogP contribution in [0.5, 0.6) is 0 Å². The van der Waals surface area contributed by atoms with Gasteiger partial charge in [-0.25, -0.2) is 13.2 Å². The monoisotopic (exact) mass is 588 g/mol. The number of piperidine rings is 1. The molecule has 0 aliphatic carbocycles. The van der Waals surface area contributed by atoms with Crippen molar-refractivity contribution in [2.75, 3.05) is 53.0 Å². The summed E-state index contributed by atoms with van der Waals surface area (Å²) in [6.45, 7) is 4.60. The summed E-state index contributed by atoms with van der Waals surface area (Å²) in [6, 6.07) is 15.3. The van der Waals surface area contributed by atoms with Gasteiger partial charge in [0.2, 0.25) is 15.9 Å². The number of hydrogen-bond donors (Lipinski definition) is 1. The Hall–Kier alpha value is -3.48. The van der Waals surface area contributed by atoms with Gasteiger partial charge in [-0.05, 0) is 44.4 Å². The van der Waals surface area contributed by atoms with Gasteiger partial charge in [-0.15, -0.1) is 0 Å². The van der Waals surface area contributed by atoms with E-state index in [9.17, 15) is 22.8 Å². The molecular formula is C29H40N4O7S. The number of benzene rings is 2. The van der Waals surface area contributed by atoms with E-state index in [0.717, 1.165) is 15.4 Å². The van der Waals surface area contributed by atoms with Gasteiger partial charge in [-0.2, -0.15) is 4.31 Å². The largest absolute Gasteiger partial charge is 0.465 e. The molecule has 1 N–H and O–H groups in total. The molecule has 0 radical (unpaired) electrons. The number of hydrogen-bond acceptors (Lipinski definition) is 7. The van der Waals surface area contributed by atoms with Crippen molar-refractivity contribution >= 4 is 27.9 Å². The molecule has 0 unspecified atom stereocenters. The second-order valence-corrected chi connectivity index (χ2v) is 11.8. The number of aryl methyl sites for hydroxylation is 1. The Balaban J connectivity index is 1.76. The van der Waals surface area contributed by atoms with Crippen LogP contribution in [-0.4, -0.2) is 99.5 Å². The number of likely N-dealkylation sites (tertiary alicyclic amines) is 1. The van der Waals surface area contributed by atoms with E-state index in [0.29, 0.717) is 32.5 Å². The number of amides is 3. The SMILES string of the molecule is CCOC(=O)CNC(=O)N1CCC(N(Cc2ccc(C)cc2)C(=O)CN(CCOC)S(=O)(=O)c2ccccc2)CC1. The summed E-state index contributed by atoms with van der Waals surface area (Å²) in [6.07, 6.45) is 1.02. The van der Waals surface area contributed by atoms with Gasteiger partial charge < -0.3 is 24.6 Å². The molecule has 12 heteroatoms. The molecule has 0 saturated carbocycles. The molecule has 1 aliphatic heterocycles. The fourth-order valence-corrected chi connectivity index (χ4v) is 6.02. The van der Waals surface area contributed by atoms with Crippen LogP contribution in [0.25, 0.3) is 0 Å². The van der Waals surface area contributed by atoms with Gasteiger partial charge in [0.05, 0.1) is 24.7 Å². The van der Waals surface area contributed by atoms with Gasteiger partial charge in [-0.3, -0.25) is 9.59 Å². The van der Waals surface area contributed by atoms with Crippen LogP contribution in [0.2, 0.25) is 0 Å². The molecule has 11 nitrogen and oxygen atoms in total. The van der Waals surface area contributed by atoms with Crippen LogP contribution in [0.4, 0.5) is 4.79 Å². The Morgan fingerprint density at radius 1 is 1.02 bits per heavy atom. The number of nitrogens with one attached hydrogen (secondary N) is 1. The molecule has 0 bridgehead atoms. The van der Waals surface area contributed by atoms with Crippen molar-refractivity contribution in [3.05, 3.63) is 65.7 Å². The molecule has 2 aromatic rings. The Morgan fingerprint density at radius 2 is 1.68 bits per heavy atom. The molecule has 3 amide bonds. The molecule has 0 atom stereocenters. The van der Waals surface area contributed by atoms with E-state index in [1.807, 2.05) is 31.2 Å². The van der Waals surface area contributed by atoms with E-state index in [-0.39, 0.29) is 55.7 Å². The highest BCUT2D eigenvalue weighted by Crippen LogP contribution is 2.22. The summed E-state index contributed by atoms with van der Waals surface area (Å²) in [5.41, 5.74) is 2.02. The second kappa shape index (κ2) is 15.5. The Morgan fingerprint density at radius 3 is 2.29 bits per heavy atom. The summed E-state index contributed by atoms with van der Waals surface area (Å²) in [7, 11) is -2.46. The van der Waals surface area contributed by atoms with Crippen molar-refractivity contribution in [3.63, 3.8) is 0 Å². The highest BCUT2D eigenvalue weighted by atomic mass is 32.2. The maximum absolute atomic E-state index is 13.9. The molecule has 41 heavy (non-hydrogen) atoms. The highest BCUT2D eigenvalue weighted by Gasteiger charge is 2.33. The lowest BCUT2D eigenvalue weighted by atomic mass is 10.0. The normalized spacial score (nSPS) is 14.1. The number of carbonyl (C=O) groups excluding carboxylic acids is 3. The highest BCUT2D eigenvalue weighted by molar-refractivity contribution is 7.89. The Labute approximate surface area is 242 Å². The van der Waals surface area contributed by atoms with E-state index < -0.39 is 16.0 Å². The fraction of sp³-hybridized carbons (Fsp3) is 0.483. The Bertz CT molecular complexity index is 1250. The first-order chi connectivity index (χ1) is 19.6. The maximum atomic E-state index is 13.9. The maximum Gasteiger partial charge on any atom is 0.325 e. The zero-order chi connectivity index (χ0) is 29.8. The lowest BCUT2D eigenvalue weighted by molar-refractivity contribution is -0.142. The summed E-state index contributed by atoms with van der Waals surface area (Å²) >= 11 is 0. The van der Waals surface area contributed by atoms with Gasteiger partial charge >= 0.3 is 12.0 Å². The quantitative estimate of drug-likeness (QED) is 0.356. The average Bonchev–Trinajstić information content (AvgIpc) is 2.98. The predicted octanol–water partition coefficient (Wildman–Crippen LogP) is 2.40. The van der Waals surface area contributed by atoms with Crippen molar-refractivity contribution < 1.29 is 32.3 Å². The van der Waals surface area contributed by atoms with Gasteiger partial charge in [-0.1, -0.05) is 48.0 Å². The molecule has 0 aromatic heterocycles. The molecule has 1 fully saturated rings. The molecule has 1 saturated heterocycles. The van der Waals surface area contributed by atoms with Crippen LogP contribution >= 0.6 is 0 Å². The second-order valence-electron chi connectivity index (χ2n) is 9.83. The fourth-order valence-electron chi connectivity index (χ4n) is 4.62. The van der Waals surface area contributed by atoms with Crippen LogP contribution in [0.15, 0.2) is 59.5 Å². The van der Waals surface area contributed by atoms with Crippen molar-refractivity contribution in [1.82, 2.24) is 19.4 Å². The van der Waals surface area contributed by atoms with E-state index >= 15 is 0 Å². The number of carbonyl (C=O) groups is 3. The third-order valence-electron chi connectivity index (χ3n) is 6.91. The molecule has 0 spiro atoms. The zero-order valence-electron chi connectivity index (χ0n) is 24.0. The van der Waals surface area contributed by atoms with Gasteiger partial charge in [0.1, 0.15) is 6.54 Å². The van der Waals surface area contributed by atoms with Crippen molar-refractivity contribution in [3.8, 4) is 0 Å². The summed E-state index contributed by atoms with van der Waals surface area (Å²) in [4.78, 5) is 41.5. The summed E-state index contributed by atoms with van der Waals surface area (Å²) in [5.74, 6) is -0.833. The van der Waals surface area contributed by atoms with Gasteiger partial charge in [0.25, 0.3) is 0 Å². The van der Waals surface area contributed by atoms with Gasteiger partial charge in [0, 0.05) is 39.3 Å². The molecule has 3 rings (SSSR count). The third-order valence-corrected chi connectivity index (χ3v) is 8.77. The first-order valence-electron chi connectivity index (χ1n) is 13.7. The van der Waals surface area contributed by atoms with Crippen molar-refractivity contribution in [2.24, 2.45) is 0 Å². The molecule has 1 aliphatic rings. The van der Waals surface area contributed by atoms with E-state index in [2.05, 4.69) is 5.32 Å².